The third-order valence-corrected chi connectivity index (χ3v) is 5.37. The highest BCUT2D eigenvalue weighted by Gasteiger charge is 2.32. The number of rotatable bonds is 2. The second kappa shape index (κ2) is 6.90. The van der Waals surface area contributed by atoms with Gasteiger partial charge >= 0.3 is 0 Å². The third-order valence-electron chi connectivity index (χ3n) is 4.86. The Morgan fingerprint density at radius 2 is 1.00 bits per heavy atom. The minimum Gasteiger partial charge on any atom is -0.306 e. The fourth-order valence-corrected chi connectivity index (χ4v) is 4.30. The molecular weight excluding hydrogens is 387 g/mol. The number of para-hydroxylation sites is 4. The Morgan fingerprint density at radius 1 is 0.500 bits per heavy atom. The van der Waals surface area contributed by atoms with E-state index in [1.807, 2.05) is 48.5 Å². The highest BCUT2D eigenvalue weighted by atomic mass is 35.5. The van der Waals surface area contributed by atoms with Gasteiger partial charge in [-0.15, -0.1) is 0 Å². The Kier molecular flexibility index (Phi) is 4.23. The molecule has 0 saturated heterocycles. The van der Waals surface area contributed by atoms with Crippen molar-refractivity contribution in [2.45, 2.75) is 0 Å². The van der Waals surface area contributed by atoms with Gasteiger partial charge in [-0.25, -0.2) is 0 Å². The van der Waals surface area contributed by atoms with Crippen molar-refractivity contribution in [3.05, 3.63) is 107 Å². The fourth-order valence-electron chi connectivity index (χ4n) is 3.74. The zero-order chi connectivity index (χ0) is 19.1. The molecule has 0 aromatic heterocycles. The van der Waals surface area contributed by atoms with Crippen molar-refractivity contribution in [3.8, 4) is 0 Å². The molecule has 0 N–H and O–H groups in total. The molecule has 1 heterocycles. The number of halogens is 2. The van der Waals surface area contributed by atoms with Crippen LogP contribution in [0.4, 0.5) is 34.1 Å². The first-order chi connectivity index (χ1) is 13.7. The first-order valence-electron chi connectivity index (χ1n) is 9.02. The quantitative estimate of drug-likeness (QED) is 0.293. The predicted molar refractivity (Wildman–Crippen MR) is 119 cm³/mol. The van der Waals surface area contributed by atoms with Crippen LogP contribution in [0, 0.1) is 0 Å². The Labute approximate surface area is 174 Å². The van der Waals surface area contributed by atoms with Gasteiger partial charge in [-0.05, 0) is 48.5 Å². The number of hydrogen-bond donors (Lipinski definition) is 0. The minimum absolute atomic E-state index is 0.608. The van der Waals surface area contributed by atoms with Crippen LogP contribution in [0.3, 0.4) is 0 Å². The van der Waals surface area contributed by atoms with Crippen LogP contribution in [0.2, 0.25) is 10.0 Å². The normalized spacial score (nSPS) is 12.5. The second-order valence-electron chi connectivity index (χ2n) is 6.59. The highest BCUT2D eigenvalue weighted by molar-refractivity contribution is 6.38. The van der Waals surface area contributed by atoms with E-state index in [2.05, 4.69) is 52.3 Å². The van der Waals surface area contributed by atoms with Gasteiger partial charge in [0.1, 0.15) is 0 Å². The molecule has 0 spiro atoms. The molecule has 4 aromatic carbocycles. The number of nitrogens with zero attached hydrogens (tertiary/aromatic N) is 2. The van der Waals surface area contributed by atoms with Crippen LogP contribution in [0.25, 0.3) is 0 Å². The lowest BCUT2D eigenvalue weighted by Gasteiger charge is -2.40. The largest absolute Gasteiger partial charge is 0.306 e. The molecule has 1 aliphatic rings. The topological polar surface area (TPSA) is 6.48 Å². The molecule has 0 atom stereocenters. The van der Waals surface area contributed by atoms with Gasteiger partial charge in [0.05, 0.1) is 27.8 Å². The standard InChI is InChI=1S/C24H16Cl2N2/c25-17-15-20(26)24-23(16-17)27(18-9-3-1-4-10-18)21-13-7-8-14-22(21)28(24)19-11-5-2-6-12-19/h1-16H. The van der Waals surface area contributed by atoms with E-state index >= 15 is 0 Å². The summed E-state index contributed by atoms with van der Waals surface area (Å²) in [5.41, 5.74) is 6.11. The van der Waals surface area contributed by atoms with E-state index in [0.29, 0.717) is 10.0 Å². The molecule has 0 amide bonds. The van der Waals surface area contributed by atoms with Crippen molar-refractivity contribution < 1.29 is 0 Å². The number of benzene rings is 4. The van der Waals surface area contributed by atoms with Crippen molar-refractivity contribution in [2.24, 2.45) is 0 Å². The summed E-state index contributed by atoms with van der Waals surface area (Å²) in [5.74, 6) is 0. The molecule has 5 rings (SSSR count). The first kappa shape index (κ1) is 17.2. The molecule has 0 bridgehead atoms. The summed E-state index contributed by atoms with van der Waals surface area (Å²) >= 11 is 13.2. The molecular formula is C24H16Cl2N2. The molecule has 136 valence electrons. The number of hydrogen-bond acceptors (Lipinski definition) is 2. The van der Waals surface area contributed by atoms with E-state index in [4.69, 9.17) is 23.2 Å². The van der Waals surface area contributed by atoms with Gasteiger partial charge in [0.25, 0.3) is 0 Å². The van der Waals surface area contributed by atoms with E-state index < -0.39 is 0 Å². The number of anilines is 6. The van der Waals surface area contributed by atoms with Crippen molar-refractivity contribution in [1.29, 1.82) is 0 Å². The Bertz CT molecular complexity index is 1140. The van der Waals surface area contributed by atoms with Crippen LogP contribution < -0.4 is 9.80 Å². The average molecular weight is 403 g/mol. The molecule has 28 heavy (non-hydrogen) atoms. The van der Waals surface area contributed by atoms with Crippen LogP contribution >= 0.6 is 23.2 Å². The Balaban J connectivity index is 1.86. The van der Waals surface area contributed by atoms with Gasteiger partial charge in [-0.2, -0.15) is 0 Å². The van der Waals surface area contributed by atoms with Gasteiger partial charge in [0.15, 0.2) is 0 Å². The molecule has 1 aliphatic heterocycles. The summed E-state index contributed by atoms with van der Waals surface area (Å²) in [7, 11) is 0. The van der Waals surface area contributed by atoms with E-state index in [9.17, 15) is 0 Å². The zero-order valence-corrected chi connectivity index (χ0v) is 16.4. The van der Waals surface area contributed by atoms with Crippen LogP contribution in [0.5, 0.6) is 0 Å². The third kappa shape index (κ3) is 2.73. The van der Waals surface area contributed by atoms with Gasteiger partial charge in [-0.1, -0.05) is 71.7 Å². The van der Waals surface area contributed by atoms with Crippen LogP contribution in [0.15, 0.2) is 97.1 Å². The SMILES string of the molecule is Clc1cc(Cl)c2c(c1)N(c1ccccc1)c1ccccc1N2c1ccccc1. The lowest BCUT2D eigenvalue weighted by molar-refractivity contribution is 1.17. The summed E-state index contributed by atoms with van der Waals surface area (Å²) in [4.78, 5) is 4.41. The molecule has 0 saturated carbocycles. The Hall–Kier alpha value is -2.94. The van der Waals surface area contributed by atoms with Crippen molar-refractivity contribution in [2.75, 3.05) is 9.80 Å². The molecule has 0 unspecified atom stereocenters. The van der Waals surface area contributed by atoms with Gasteiger partial charge in [0, 0.05) is 16.4 Å². The van der Waals surface area contributed by atoms with Crippen LogP contribution in [-0.4, -0.2) is 0 Å². The van der Waals surface area contributed by atoms with Crippen LogP contribution in [-0.2, 0) is 0 Å². The van der Waals surface area contributed by atoms with Gasteiger partial charge < -0.3 is 9.80 Å². The lowest BCUT2D eigenvalue weighted by Crippen LogP contribution is -2.24. The molecule has 0 fully saturated rings. The van der Waals surface area contributed by atoms with Gasteiger partial charge in [-0.3, -0.25) is 0 Å². The predicted octanol–water partition coefficient (Wildman–Crippen LogP) is 8.25. The summed E-state index contributed by atoms with van der Waals surface area (Å²) < 4.78 is 0. The molecule has 0 radical (unpaired) electrons. The first-order valence-corrected chi connectivity index (χ1v) is 9.78. The van der Waals surface area contributed by atoms with Crippen molar-refractivity contribution in [1.82, 2.24) is 0 Å². The number of fused-ring (bicyclic) bond motifs is 2. The van der Waals surface area contributed by atoms with E-state index in [1.54, 1.807) is 6.07 Å². The molecule has 4 heteroatoms. The molecule has 4 aromatic rings. The van der Waals surface area contributed by atoms with Crippen LogP contribution in [0.1, 0.15) is 0 Å². The van der Waals surface area contributed by atoms with Crippen molar-refractivity contribution >= 4 is 57.3 Å². The Morgan fingerprint density at radius 3 is 1.61 bits per heavy atom. The lowest BCUT2D eigenvalue weighted by atomic mass is 10.0. The summed E-state index contributed by atoms with van der Waals surface area (Å²) in [5, 5.41) is 1.22. The fraction of sp³-hybridized carbons (Fsp3) is 0. The maximum absolute atomic E-state index is 6.76. The maximum Gasteiger partial charge on any atom is 0.0892 e. The highest BCUT2D eigenvalue weighted by Crippen LogP contribution is 2.56. The van der Waals surface area contributed by atoms with E-state index in [0.717, 1.165) is 34.1 Å². The zero-order valence-electron chi connectivity index (χ0n) is 14.9. The van der Waals surface area contributed by atoms with Gasteiger partial charge in [0.2, 0.25) is 0 Å². The van der Waals surface area contributed by atoms with E-state index in [-0.39, 0.29) is 0 Å². The van der Waals surface area contributed by atoms with E-state index in [1.165, 1.54) is 0 Å². The average Bonchev–Trinajstić information content (AvgIpc) is 2.73. The molecule has 2 nitrogen and oxygen atoms in total. The van der Waals surface area contributed by atoms with Crippen molar-refractivity contribution in [3.63, 3.8) is 0 Å². The summed E-state index contributed by atoms with van der Waals surface area (Å²) in [6.45, 7) is 0. The monoisotopic (exact) mass is 402 g/mol. The molecule has 0 aliphatic carbocycles. The summed E-state index contributed by atoms with van der Waals surface area (Å²) in [6.07, 6.45) is 0. The summed E-state index contributed by atoms with van der Waals surface area (Å²) in [6, 6.07) is 32.6. The maximum atomic E-state index is 6.76. The smallest absolute Gasteiger partial charge is 0.0892 e. The second-order valence-corrected chi connectivity index (χ2v) is 7.43. The minimum atomic E-state index is 0.608.